The van der Waals surface area contributed by atoms with Crippen molar-refractivity contribution in [2.24, 2.45) is 0 Å². The smallest absolute Gasteiger partial charge is 0.319 e. The highest BCUT2D eigenvalue weighted by molar-refractivity contribution is 5.89. The lowest BCUT2D eigenvalue weighted by molar-refractivity contribution is 0.152. The van der Waals surface area contributed by atoms with Crippen LogP contribution in [-0.4, -0.2) is 54.6 Å². The van der Waals surface area contributed by atoms with Crippen LogP contribution >= 0.6 is 0 Å². The minimum absolute atomic E-state index is 0.109. The van der Waals surface area contributed by atoms with Gasteiger partial charge in [-0.05, 0) is 69.9 Å². The molecule has 25 heavy (non-hydrogen) atoms. The van der Waals surface area contributed by atoms with Crippen LogP contribution in [0.5, 0.6) is 0 Å². The first-order valence-corrected chi connectivity index (χ1v) is 9.81. The molecule has 5 nitrogen and oxygen atoms in total. The summed E-state index contributed by atoms with van der Waals surface area (Å²) in [5.41, 5.74) is 2.14. The molecule has 2 aliphatic heterocycles. The van der Waals surface area contributed by atoms with Gasteiger partial charge < -0.3 is 15.5 Å². The summed E-state index contributed by atoms with van der Waals surface area (Å²) in [6.45, 7) is 8.44. The highest BCUT2D eigenvalue weighted by Crippen LogP contribution is 2.20. The van der Waals surface area contributed by atoms with E-state index in [-0.39, 0.29) is 6.03 Å². The fourth-order valence-electron chi connectivity index (χ4n) is 3.88. The Labute approximate surface area is 151 Å². The van der Waals surface area contributed by atoms with E-state index in [0.717, 1.165) is 18.8 Å². The van der Waals surface area contributed by atoms with Crippen molar-refractivity contribution in [3.63, 3.8) is 0 Å². The Kier molecular flexibility index (Phi) is 6.70. The third kappa shape index (κ3) is 5.72. The molecular formula is C20H32N4O. The third-order valence-corrected chi connectivity index (χ3v) is 5.42. The minimum Gasteiger partial charge on any atom is -0.337 e. The Balaban J connectivity index is 1.44. The van der Waals surface area contributed by atoms with E-state index in [1.54, 1.807) is 0 Å². The fourth-order valence-corrected chi connectivity index (χ4v) is 3.88. The molecule has 0 unspecified atom stereocenters. The number of likely N-dealkylation sites (tertiary alicyclic amines) is 2. The van der Waals surface area contributed by atoms with Crippen molar-refractivity contribution in [2.75, 3.05) is 38.0 Å². The second kappa shape index (κ2) is 9.20. The van der Waals surface area contributed by atoms with Crippen LogP contribution in [0.1, 0.15) is 44.6 Å². The predicted octanol–water partition coefficient (Wildman–Crippen LogP) is 3.28. The van der Waals surface area contributed by atoms with E-state index in [9.17, 15) is 4.79 Å². The quantitative estimate of drug-likeness (QED) is 0.832. The maximum atomic E-state index is 12.1. The standard InChI is InChI=1S/C20H32N4O/c1-17-7-2-3-13-24(17)16-18-8-6-9-19(15-18)22-20(25)21-10-14-23-11-4-5-12-23/h6,8-9,15,17H,2-5,7,10-14,16H2,1H3,(H2,21,22,25)/t17-/m1/s1. The molecule has 2 N–H and O–H groups in total. The summed E-state index contributed by atoms with van der Waals surface area (Å²) < 4.78 is 0. The number of nitrogens with zero attached hydrogens (tertiary/aromatic N) is 2. The summed E-state index contributed by atoms with van der Waals surface area (Å²) in [6, 6.07) is 8.79. The number of hydrogen-bond donors (Lipinski definition) is 2. The normalized spacial score (nSPS) is 22.0. The van der Waals surface area contributed by atoms with Gasteiger partial charge in [-0.15, -0.1) is 0 Å². The van der Waals surface area contributed by atoms with Crippen molar-refractivity contribution in [3.05, 3.63) is 29.8 Å². The number of amides is 2. The van der Waals surface area contributed by atoms with Gasteiger partial charge in [0.15, 0.2) is 0 Å². The molecule has 0 bridgehead atoms. The molecule has 3 rings (SSSR count). The van der Waals surface area contributed by atoms with Gasteiger partial charge in [0.2, 0.25) is 0 Å². The van der Waals surface area contributed by atoms with Crippen LogP contribution in [-0.2, 0) is 6.54 Å². The number of piperidine rings is 1. The zero-order valence-corrected chi connectivity index (χ0v) is 15.5. The number of benzene rings is 1. The summed E-state index contributed by atoms with van der Waals surface area (Å²) in [5, 5.41) is 5.93. The lowest BCUT2D eigenvalue weighted by atomic mass is 10.0. The number of rotatable bonds is 6. The molecule has 0 saturated carbocycles. The second-order valence-electron chi connectivity index (χ2n) is 7.45. The molecule has 5 heteroatoms. The summed E-state index contributed by atoms with van der Waals surface area (Å²) >= 11 is 0. The Bertz CT molecular complexity index is 556. The van der Waals surface area contributed by atoms with Gasteiger partial charge >= 0.3 is 6.03 Å². The van der Waals surface area contributed by atoms with Crippen LogP contribution in [0.25, 0.3) is 0 Å². The van der Waals surface area contributed by atoms with Gasteiger partial charge in [-0.2, -0.15) is 0 Å². The number of hydrogen-bond acceptors (Lipinski definition) is 3. The highest BCUT2D eigenvalue weighted by atomic mass is 16.2. The fraction of sp³-hybridized carbons (Fsp3) is 0.650. The van der Waals surface area contributed by atoms with Crippen LogP contribution < -0.4 is 10.6 Å². The number of carbonyl (C=O) groups excluding carboxylic acids is 1. The van der Waals surface area contributed by atoms with Gasteiger partial charge in [-0.25, -0.2) is 4.79 Å². The topological polar surface area (TPSA) is 47.6 Å². The van der Waals surface area contributed by atoms with E-state index in [2.05, 4.69) is 39.5 Å². The predicted molar refractivity (Wildman–Crippen MR) is 103 cm³/mol. The Hall–Kier alpha value is -1.59. The number of nitrogens with one attached hydrogen (secondary N) is 2. The monoisotopic (exact) mass is 344 g/mol. The van der Waals surface area contributed by atoms with Gasteiger partial charge in [0.05, 0.1) is 0 Å². The maximum Gasteiger partial charge on any atom is 0.319 e. The Morgan fingerprint density at radius 2 is 1.96 bits per heavy atom. The molecule has 0 spiro atoms. The van der Waals surface area contributed by atoms with Crippen LogP contribution in [0.15, 0.2) is 24.3 Å². The summed E-state index contributed by atoms with van der Waals surface area (Å²) in [5.74, 6) is 0. The van der Waals surface area contributed by atoms with Crippen molar-refractivity contribution in [1.29, 1.82) is 0 Å². The number of carbonyl (C=O) groups is 1. The minimum atomic E-state index is -0.109. The number of anilines is 1. The highest BCUT2D eigenvalue weighted by Gasteiger charge is 2.18. The molecule has 0 aliphatic carbocycles. The average Bonchev–Trinajstić information content (AvgIpc) is 3.11. The summed E-state index contributed by atoms with van der Waals surface area (Å²) in [7, 11) is 0. The molecular weight excluding hydrogens is 312 g/mol. The molecule has 0 radical (unpaired) electrons. The van der Waals surface area contributed by atoms with Crippen molar-refractivity contribution in [2.45, 2.75) is 51.6 Å². The van der Waals surface area contributed by atoms with Crippen LogP contribution in [0, 0.1) is 0 Å². The molecule has 2 heterocycles. The number of urea groups is 1. The van der Waals surface area contributed by atoms with E-state index in [1.165, 1.54) is 57.3 Å². The van der Waals surface area contributed by atoms with Crippen LogP contribution in [0.3, 0.4) is 0 Å². The molecule has 2 fully saturated rings. The second-order valence-corrected chi connectivity index (χ2v) is 7.45. The molecule has 2 amide bonds. The van der Waals surface area contributed by atoms with Gasteiger partial charge in [0, 0.05) is 31.4 Å². The van der Waals surface area contributed by atoms with E-state index in [1.807, 2.05) is 12.1 Å². The van der Waals surface area contributed by atoms with Gasteiger partial charge in [0.25, 0.3) is 0 Å². The van der Waals surface area contributed by atoms with Gasteiger partial charge in [0.1, 0.15) is 0 Å². The molecule has 2 saturated heterocycles. The average molecular weight is 345 g/mol. The molecule has 1 aromatic carbocycles. The lowest BCUT2D eigenvalue weighted by Crippen LogP contribution is -2.37. The summed E-state index contributed by atoms with van der Waals surface area (Å²) in [6.07, 6.45) is 6.50. The third-order valence-electron chi connectivity index (χ3n) is 5.42. The van der Waals surface area contributed by atoms with Crippen molar-refractivity contribution in [3.8, 4) is 0 Å². The van der Waals surface area contributed by atoms with Crippen LogP contribution in [0.2, 0.25) is 0 Å². The Morgan fingerprint density at radius 3 is 2.76 bits per heavy atom. The first kappa shape index (κ1) is 18.2. The van der Waals surface area contributed by atoms with Crippen molar-refractivity contribution < 1.29 is 4.79 Å². The molecule has 2 aliphatic rings. The van der Waals surface area contributed by atoms with Crippen molar-refractivity contribution >= 4 is 11.7 Å². The molecule has 0 aromatic heterocycles. The van der Waals surface area contributed by atoms with Gasteiger partial charge in [-0.3, -0.25) is 4.90 Å². The van der Waals surface area contributed by atoms with E-state index >= 15 is 0 Å². The zero-order chi connectivity index (χ0) is 17.5. The van der Waals surface area contributed by atoms with E-state index in [4.69, 9.17) is 0 Å². The SMILES string of the molecule is C[C@@H]1CCCCN1Cc1cccc(NC(=O)NCCN2CCCC2)c1. The zero-order valence-electron chi connectivity index (χ0n) is 15.5. The summed E-state index contributed by atoms with van der Waals surface area (Å²) in [4.78, 5) is 17.0. The molecule has 1 aromatic rings. The van der Waals surface area contributed by atoms with E-state index < -0.39 is 0 Å². The first-order valence-electron chi connectivity index (χ1n) is 9.81. The maximum absolute atomic E-state index is 12.1. The lowest BCUT2D eigenvalue weighted by Gasteiger charge is -2.33. The van der Waals surface area contributed by atoms with Crippen molar-refractivity contribution in [1.82, 2.24) is 15.1 Å². The largest absolute Gasteiger partial charge is 0.337 e. The van der Waals surface area contributed by atoms with Gasteiger partial charge in [-0.1, -0.05) is 18.6 Å². The van der Waals surface area contributed by atoms with Crippen LogP contribution in [0.4, 0.5) is 10.5 Å². The van der Waals surface area contributed by atoms with E-state index in [0.29, 0.717) is 12.6 Å². The Morgan fingerprint density at radius 1 is 1.16 bits per heavy atom. The first-order chi connectivity index (χ1) is 12.2. The molecule has 138 valence electrons. The molecule has 1 atom stereocenters.